The van der Waals surface area contributed by atoms with E-state index in [9.17, 15) is 13.8 Å². The smallest absolute Gasteiger partial charge is 0.321 e. The first kappa shape index (κ1) is 11.1. The van der Waals surface area contributed by atoms with E-state index in [0.717, 1.165) is 0 Å². The summed E-state index contributed by atoms with van der Waals surface area (Å²) in [5.41, 5.74) is 4.69. The predicted molar refractivity (Wildman–Crippen MR) is 44.4 cm³/mol. The van der Waals surface area contributed by atoms with Gasteiger partial charge in [-0.2, -0.15) is 0 Å². The first-order chi connectivity index (χ1) is 5.54. The van der Waals surface area contributed by atoms with Crippen LogP contribution in [0.5, 0.6) is 0 Å². The van der Waals surface area contributed by atoms with Crippen molar-refractivity contribution in [3.63, 3.8) is 0 Å². The first-order valence-corrected chi connectivity index (χ1v) is 4.38. The number of nitrogens with one attached hydrogen (secondary N) is 2. The zero-order valence-electron chi connectivity index (χ0n) is 6.62. The van der Waals surface area contributed by atoms with Crippen LogP contribution in [0.2, 0.25) is 0 Å². The van der Waals surface area contributed by atoms with Crippen LogP contribution < -0.4 is 15.8 Å². The molecule has 0 aliphatic carbocycles. The Hall–Kier alpha value is -0.950. The highest BCUT2D eigenvalue weighted by Crippen LogP contribution is 1.72. The number of primary amides is 1. The number of amides is 2. The van der Waals surface area contributed by atoms with Gasteiger partial charge in [0.05, 0.1) is 0 Å². The van der Waals surface area contributed by atoms with E-state index >= 15 is 0 Å². The fourth-order valence-corrected chi connectivity index (χ4v) is 0.883. The molecule has 6 nitrogen and oxygen atoms in total. The molecule has 0 rings (SSSR count). The topological polar surface area (TPSA) is 101 Å². The summed E-state index contributed by atoms with van der Waals surface area (Å²) in [7, 11) is -1.85. The highest BCUT2D eigenvalue weighted by atomic mass is 32.2. The van der Waals surface area contributed by atoms with Crippen LogP contribution in [0.3, 0.4) is 0 Å². The fourth-order valence-electron chi connectivity index (χ4n) is 0.453. The molecule has 0 aliphatic heterocycles. The Morgan fingerprint density at radius 2 is 2.00 bits per heavy atom. The van der Waals surface area contributed by atoms with Crippen molar-refractivity contribution < 1.29 is 13.8 Å². The molecule has 2 amide bonds. The maximum atomic E-state index is 10.6. The van der Waals surface area contributed by atoms with Gasteiger partial charge in [0, 0.05) is 20.0 Å². The van der Waals surface area contributed by atoms with Crippen LogP contribution >= 0.6 is 0 Å². The first-order valence-electron chi connectivity index (χ1n) is 3.23. The van der Waals surface area contributed by atoms with Crippen molar-refractivity contribution in [3.8, 4) is 0 Å². The van der Waals surface area contributed by atoms with Crippen molar-refractivity contribution >= 4 is 22.1 Å². The van der Waals surface area contributed by atoms with Gasteiger partial charge < -0.3 is 11.1 Å². The van der Waals surface area contributed by atoms with E-state index in [1.807, 2.05) is 0 Å². The van der Waals surface area contributed by atoms with Crippen molar-refractivity contribution in [2.45, 2.75) is 6.92 Å². The fraction of sp³-hybridized carbons (Fsp3) is 0.600. The molecule has 0 radical (unpaired) electrons. The van der Waals surface area contributed by atoms with Crippen LogP contribution in [-0.2, 0) is 15.8 Å². The Balaban J connectivity index is 3.38. The lowest BCUT2D eigenvalue weighted by molar-refractivity contribution is -0.118. The molecule has 70 valence electrons. The lowest BCUT2D eigenvalue weighted by Crippen LogP contribution is -2.35. The van der Waals surface area contributed by atoms with Crippen LogP contribution in [0, 0.1) is 0 Å². The lowest BCUT2D eigenvalue weighted by atomic mass is 10.6. The zero-order chi connectivity index (χ0) is 9.56. The van der Waals surface area contributed by atoms with Crippen molar-refractivity contribution in [1.82, 2.24) is 10.0 Å². The summed E-state index contributed by atoms with van der Waals surface area (Å²) in [6.07, 6.45) is 0. The molecule has 0 saturated heterocycles. The lowest BCUT2D eigenvalue weighted by Gasteiger charge is -2.01. The van der Waals surface area contributed by atoms with Gasteiger partial charge in [-0.1, -0.05) is 0 Å². The molecule has 0 heterocycles. The average Bonchev–Trinajstić information content (AvgIpc) is 1.97. The summed E-state index contributed by atoms with van der Waals surface area (Å²) < 4.78 is 12.9. The van der Waals surface area contributed by atoms with E-state index in [0.29, 0.717) is 6.54 Å². The predicted octanol–water partition coefficient (Wildman–Crippen LogP) is -1.55. The maximum Gasteiger partial charge on any atom is 0.321 e. The van der Waals surface area contributed by atoms with E-state index in [2.05, 4.69) is 15.8 Å². The van der Waals surface area contributed by atoms with Crippen molar-refractivity contribution in [2.75, 3.05) is 13.1 Å². The summed E-state index contributed by atoms with van der Waals surface area (Å²) in [5, 5.41) is 1.53. The number of nitrogens with two attached hydrogens (primary N) is 1. The molecular formula is C5H11N3O3S. The van der Waals surface area contributed by atoms with Crippen LogP contribution in [0.1, 0.15) is 6.92 Å². The summed E-state index contributed by atoms with van der Waals surface area (Å²) in [4.78, 5) is 20.5. The number of hydrogen-bond donors (Lipinski definition) is 3. The maximum absolute atomic E-state index is 10.6. The molecule has 0 spiro atoms. The van der Waals surface area contributed by atoms with Gasteiger partial charge in [-0.05, 0) is 0 Å². The molecule has 0 saturated carbocycles. The van der Waals surface area contributed by atoms with Gasteiger partial charge in [-0.15, -0.1) is 0 Å². The van der Waals surface area contributed by atoms with Crippen molar-refractivity contribution in [2.24, 2.45) is 5.73 Å². The van der Waals surface area contributed by atoms with Crippen molar-refractivity contribution in [3.05, 3.63) is 0 Å². The van der Waals surface area contributed by atoms with E-state index in [4.69, 9.17) is 0 Å². The summed E-state index contributed by atoms with van der Waals surface area (Å²) in [6.45, 7) is 1.93. The Morgan fingerprint density at radius 3 is 2.42 bits per heavy atom. The minimum atomic E-state index is -1.85. The summed E-state index contributed by atoms with van der Waals surface area (Å²) in [6, 6.07) is 0. The normalized spacial score (nSPS) is 12.1. The van der Waals surface area contributed by atoms with Gasteiger partial charge in [-0.25, -0.2) is 8.93 Å². The molecule has 4 N–H and O–H groups in total. The quantitative estimate of drug-likeness (QED) is 0.471. The van der Waals surface area contributed by atoms with Gasteiger partial charge in [0.2, 0.25) is 5.91 Å². The molecule has 0 aromatic heterocycles. The number of rotatable bonds is 4. The highest BCUT2D eigenvalue weighted by Gasteiger charge is 2.03. The second kappa shape index (κ2) is 5.67. The van der Waals surface area contributed by atoms with Gasteiger partial charge in [0.15, 0.2) is 11.0 Å². The Labute approximate surface area is 72.5 Å². The van der Waals surface area contributed by atoms with Crippen LogP contribution in [0.25, 0.3) is 0 Å². The van der Waals surface area contributed by atoms with Crippen LogP contribution in [-0.4, -0.2) is 28.4 Å². The molecule has 0 aliphatic rings. The van der Waals surface area contributed by atoms with Crippen LogP contribution in [0.4, 0.5) is 4.79 Å². The standard InChI is InChI=1S/C5H11N3O3S/c1-4(9)7-2-3-8-12(11)5(6)10/h8H,2-3H2,1H3,(H2,6,10)(H,7,9). The zero-order valence-corrected chi connectivity index (χ0v) is 7.44. The molecule has 12 heavy (non-hydrogen) atoms. The van der Waals surface area contributed by atoms with E-state index in [-0.39, 0.29) is 12.5 Å². The average molecular weight is 193 g/mol. The monoisotopic (exact) mass is 193 g/mol. The highest BCUT2D eigenvalue weighted by molar-refractivity contribution is 7.98. The van der Waals surface area contributed by atoms with Gasteiger partial charge >= 0.3 is 5.24 Å². The minimum absolute atomic E-state index is 0.179. The van der Waals surface area contributed by atoms with Crippen LogP contribution in [0.15, 0.2) is 0 Å². The molecule has 0 fully saturated rings. The summed E-state index contributed by atoms with van der Waals surface area (Å²) in [5.74, 6) is -0.179. The molecule has 0 aromatic carbocycles. The van der Waals surface area contributed by atoms with E-state index in [1.165, 1.54) is 6.92 Å². The third-order valence-electron chi connectivity index (χ3n) is 0.915. The number of hydrogen-bond acceptors (Lipinski definition) is 3. The summed E-state index contributed by atoms with van der Waals surface area (Å²) >= 11 is 0. The second-order valence-electron chi connectivity index (χ2n) is 1.97. The van der Waals surface area contributed by atoms with Crippen molar-refractivity contribution in [1.29, 1.82) is 0 Å². The molecule has 0 aromatic rings. The largest absolute Gasteiger partial charge is 0.357 e. The van der Waals surface area contributed by atoms with Gasteiger partial charge in [-0.3, -0.25) is 9.59 Å². The molecular weight excluding hydrogens is 182 g/mol. The minimum Gasteiger partial charge on any atom is -0.357 e. The molecule has 7 heteroatoms. The Bertz CT molecular complexity index is 206. The Morgan fingerprint density at radius 1 is 1.42 bits per heavy atom. The number of carbonyl (C=O) groups is 2. The molecule has 0 bridgehead atoms. The third kappa shape index (κ3) is 5.81. The SMILES string of the molecule is CC(=O)NCCNS(=O)C(N)=O. The van der Waals surface area contributed by atoms with E-state index in [1.54, 1.807) is 0 Å². The molecule has 1 atom stereocenters. The Kier molecular flexibility index (Phi) is 5.22. The third-order valence-corrected chi connectivity index (χ3v) is 1.75. The second-order valence-corrected chi connectivity index (χ2v) is 3.19. The van der Waals surface area contributed by atoms with Gasteiger partial charge in [0.1, 0.15) is 0 Å². The van der Waals surface area contributed by atoms with E-state index < -0.39 is 16.2 Å². The van der Waals surface area contributed by atoms with Gasteiger partial charge in [0.25, 0.3) is 0 Å². The number of carbonyl (C=O) groups excluding carboxylic acids is 2. The molecule has 1 unspecified atom stereocenters.